The summed E-state index contributed by atoms with van der Waals surface area (Å²) in [6.07, 6.45) is 0. The van der Waals surface area contributed by atoms with Crippen LogP contribution in [-0.2, 0) is 13.2 Å². The smallest absolute Gasteiger partial charge is 0.129 e. The van der Waals surface area contributed by atoms with Gasteiger partial charge in [0.25, 0.3) is 0 Å². The molecule has 1 N–H and O–H groups in total. The van der Waals surface area contributed by atoms with Crippen LogP contribution in [0.1, 0.15) is 16.7 Å². The molecule has 0 atom stereocenters. The standard InChI is InChI=1S/C16H14F2N2O/c1-20-9-12-7-14(17)3-5-16(12)21-10-13-6-11(8-19)2-4-15(13)18/h2-7,20H,9-10H2,1H3. The maximum Gasteiger partial charge on any atom is 0.129 e. The highest BCUT2D eigenvalue weighted by molar-refractivity contribution is 5.36. The van der Waals surface area contributed by atoms with Gasteiger partial charge in [0.05, 0.1) is 11.6 Å². The van der Waals surface area contributed by atoms with Crippen molar-refractivity contribution in [1.29, 1.82) is 5.26 Å². The fourth-order valence-corrected chi connectivity index (χ4v) is 1.93. The molecule has 0 aliphatic carbocycles. The van der Waals surface area contributed by atoms with Gasteiger partial charge in [-0.1, -0.05) is 0 Å². The number of benzene rings is 2. The Morgan fingerprint density at radius 3 is 2.67 bits per heavy atom. The van der Waals surface area contributed by atoms with Crippen LogP contribution in [0.2, 0.25) is 0 Å². The van der Waals surface area contributed by atoms with Crippen molar-refractivity contribution in [2.24, 2.45) is 0 Å². The number of hydrogen-bond donors (Lipinski definition) is 1. The Bertz CT molecular complexity index is 680. The summed E-state index contributed by atoms with van der Waals surface area (Å²) in [4.78, 5) is 0. The molecular weight excluding hydrogens is 274 g/mol. The lowest BCUT2D eigenvalue weighted by Gasteiger charge is -2.12. The zero-order valence-corrected chi connectivity index (χ0v) is 11.5. The van der Waals surface area contributed by atoms with Crippen LogP contribution in [0.3, 0.4) is 0 Å². The van der Waals surface area contributed by atoms with Gasteiger partial charge < -0.3 is 10.1 Å². The van der Waals surface area contributed by atoms with E-state index in [9.17, 15) is 8.78 Å². The molecule has 0 heterocycles. The highest BCUT2D eigenvalue weighted by Gasteiger charge is 2.08. The maximum absolute atomic E-state index is 13.7. The van der Waals surface area contributed by atoms with E-state index in [1.807, 2.05) is 6.07 Å². The molecule has 0 radical (unpaired) electrons. The average Bonchev–Trinajstić information content (AvgIpc) is 2.48. The summed E-state index contributed by atoms with van der Waals surface area (Å²) in [6.45, 7) is 0.414. The average molecular weight is 288 g/mol. The molecule has 0 unspecified atom stereocenters. The zero-order chi connectivity index (χ0) is 15.2. The number of hydrogen-bond acceptors (Lipinski definition) is 3. The van der Waals surface area contributed by atoms with E-state index in [-0.39, 0.29) is 18.0 Å². The number of nitriles is 1. The van der Waals surface area contributed by atoms with Crippen LogP contribution >= 0.6 is 0 Å². The Balaban J connectivity index is 2.18. The van der Waals surface area contributed by atoms with Gasteiger partial charge in [0, 0.05) is 17.7 Å². The van der Waals surface area contributed by atoms with Crippen molar-refractivity contribution in [3.05, 3.63) is 64.7 Å². The number of rotatable bonds is 5. The fraction of sp³-hybridized carbons (Fsp3) is 0.188. The van der Waals surface area contributed by atoms with E-state index in [1.54, 1.807) is 7.05 Å². The monoisotopic (exact) mass is 288 g/mol. The molecule has 0 aliphatic rings. The molecule has 0 fully saturated rings. The van der Waals surface area contributed by atoms with Gasteiger partial charge in [-0.2, -0.15) is 5.26 Å². The lowest BCUT2D eigenvalue weighted by molar-refractivity contribution is 0.295. The molecule has 2 rings (SSSR count). The van der Waals surface area contributed by atoms with Gasteiger partial charge in [-0.3, -0.25) is 0 Å². The van der Waals surface area contributed by atoms with Crippen LogP contribution in [0.4, 0.5) is 8.78 Å². The van der Waals surface area contributed by atoms with Crippen molar-refractivity contribution in [1.82, 2.24) is 5.32 Å². The normalized spacial score (nSPS) is 10.2. The third-order valence-corrected chi connectivity index (χ3v) is 2.95. The first-order chi connectivity index (χ1) is 10.1. The Morgan fingerprint density at radius 1 is 1.14 bits per heavy atom. The molecule has 0 saturated carbocycles. The van der Waals surface area contributed by atoms with Crippen LogP contribution in [0, 0.1) is 23.0 Å². The van der Waals surface area contributed by atoms with Gasteiger partial charge in [0.1, 0.15) is 24.0 Å². The zero-order valence-electron chi connectivity index (χ0n) is 11.5. The number of nitrogens with one attached hydrogen (secondary N) is 1. The van der Waals surface area contributed by atoms with E-state index >= 15 is 0 Å². The highest BCUT2D eigenvalue weighted by Crippen LogP contribution is 2.21. The Kier molecular flexibility index (Phi) is 4.85. The summed E-state index contributed by atoms with van der Waals surface area (Å²) in [5.74, 6) is -0.316. The van der Waals surface area contributed by atoms with Crippen molar-refractivity contribution >= 4 is 0 Å². The highest BCUT2D eigenvalue weighted by atomic mass is 19.1. The van der Waals surface area contributed by atoms with Gasteiger partial charge in [-0.05, 0) is 43.4 Å². The molecular formula is C16H14F2N2O. The molecule has 0 saturated heterocycles. The topological polar surface area (TPSA) is 45.0 Å². The van der Waals surface area contributed by atoms with Crippen LogP contribution in [0.25, 0.3) is 0 Å². The summed E-state index contributed by atoms with van der Waals surface area (Å²) in [6, 6.07) is 10.2. The minimum atomic E-state index is -0.439. The van der Waals surface area contributed by atoms with Gasteiger partial charge in [0.15, 0.2) is 0 Å². The van der Waals surface area contributed by atoms with E-state index < -0.39 is 5.82 Å². The quantitative estimate of drug-likeness (QED) is 0.919. The van der Waals surface area contributed by atoms with Gasteiger partial charge in [-0.15, -0.1) is 0 Å². The Hall–Kier alpha value is -2.45. The lowest BCUT2D eigenvalue weighted by Crippen LogP contribution is -2.08. The molecule has 2 aromatic rings. The molecule has 2 aromatic carbocycles. The maximum atomic E-state index is 13.7. The van der Waals surface area contributed by atoms with E-state index in [4.69, 9.17) is 10.00 Å². The van der Waals surface area contributed by atoms with E-state index in [2.05, 4.69) is 5.32 Å². The summed E-state index contributed by atoms with van der Waals surface area (Å²) < 4.78 is 32.4. The first kappa shape index (κ1) is 14.9. The van der Waals surface area contributed by atoms with Gasteiger partial charge in [0.2, 0.25) is 0 Å². The molecule has 0 aliphatic heterocycles. The lowest BCUT2D eigenvalue weighted by atomic mass is 10.1. The van der Waals surface area contributed by atoms with E-state index in [1.165, 1.54) is 36.4 Å². The summed E-state index contributed by atoms with van der Waals surface area (Å²) in [5.41, 5.74) is 1.30. The van der Waals surface area contributed by atoms with E-state index in [0.717, 1.165) is 0 Å². The first-order valence-electron chi connectivity index (χ1n) is 6.38. The minimum absolute atomic E-state index is 0.0241. The predicted octanol–water partition coefficient (Wildman–Crippen LogP) is 3.13. The van der Waals surface area contributed by atoms with Crippen molar-refractivity contribution < 1.29 is 13.5 Å². The van der Waals surface area contributed by atoms with Crippen LogP contribution in [0.5, 0.6) is 5.75 Å². The molecule has 0 aromatic heterocycles. The summed E-state index contributed by atoms with van der Waals surface area (Å²) >= 11 is 0. The molecule has 0 bridgehead atoms. The Labute approximate surface area is 121 Å². The largest absolute Gasteiger partial charge is 0.488 e. The SMILES string of the molecule is CNCc1cc(F)ccc1OCc1cc(C#N)ccc1F. The second-order valence-corrected chi connectivity index (χ2v) is 4.49. The van der Waals surface area contributed by atoms with Crippen LogP contribution in [0.15, 0.2) is 36.4 Å². The Morgan fingerprint density at radius 2 is 1.95 bits per heavy atom. The van der Waals surface area contributed by atoms with Crippen molar-refractivity contribution in [3.8, 4) is 11.8 Å². The molecule has 21 heavy (non-hydrogen) atoms. The van der Waals surface area contributed by atoms with Crippen molar-refractivity contribution in [2.75, 3.05) is 7.05 Å². The second-order valence-electron chi connectivity index (χ2n) is 4.49. The van der Waals surface area contributed by atoms with Crippen LogP contribution in [-0.4, -0.2) is 7.05 Å². The molecule has 0 amide bonds. The van der Waals surface area contributed by atoms with Crippen molar-refractivity contribution in [2.45, 2.75) is 13.2 Å². The summed E-state index contributed by atoms with van der Waals surface area (Å²) in [5, 5.41) is 11.7. The third-order valence-electron chi connectivity index (χ3n) is 2.95. The molecule has 3 nitrogen and oxygen atoms in total. The first-order valence-corrected chi connectivity index (χ1v) is 6.38. The minimum Gasteiger partial charge on any atom is -0.488 e. The number of nitrogens with zero attached hydrogens (tertiary/aromatic N) is 1. The molecule has 5 heteroatoms. The number of ether oxygens (including phenoxy) is 1. The van der Waals surface area contributed by atoms with Crippen molar-refractivity contribution in [3.63, 3.8) is 0 Å². The molecule has 108 valence electrons. The van der Waals surface area contributed by atoms with Crippen LogP contribution < -0.4 is 10.1 Å². The van der Waals surface area contributed by atoms with Gasteiger partial charge >= 0.3 is 0 Å². The third kappa shape index (κ3) is 3.77. The summed E-state index contributed by atoms with van der Waals surface area (Å²) in [7, 11) is 1.74. The number of halogens is 2. The second kappa shape index (κ2) is 6.82. The van der Waals surface area contributed by atoms with Gasteiger partial charge in [-0.25, -0.2) is 8.78 Å². The fourth-order valence-electron chi connectivity index (χ4n) is 1.93. The predicted molar refractivity (Wildman–Crippen MR) is 74.6 cm³/mol. The molecule has 0 spiro atoms. The van der Waals surface area contributed by atoms with E-state index in [0.29, 0.717) is 23.4 Å².